The molecule has 8 nitrogen and oxygen atoms in total. The van der Waals surface area contributed by atoms with Crippen molar-refractivity contribution in [3.8, 4) is 11.5 Å². The number of nitrogens with zero attached hydrogens (tertiary/aromatic N) is 2. The summed E-state index contributed by atoms with van der Waals surface area (Å²) in [5.74, 6) is -0.323. The highest BCUT2D eigenvalue weighted by Crippen LogP contribution is 2.42. The maximum atomic E-state index is 13.3. The molecule has 1 fully saturated rings. The first-order valence-corrected chi connectivity index (χ1v) is 12.1. The molecule has 1 saturated heterocycles. The number of carboxylic acids is 1. The Hall–Kier alpha value is -2.32. The molecule has 184 valence electrons. The average Bonchev–Trinajstić information content (AvgIpc) is 3.41. The molecule has 2 heterocycles. The van der Waals surface area contributed by atoms with Crippen LogP contribution in [0.5, 0.6) is 11.5 Å². The smallest absolute Gasteiger partial charge is 0.308 e. The van der Waals surface area contributed by atoms with Gasteiger partial charge < -0.3 is 24.2 Å². The fourth-order valence-corrected chi connectivity index (χ4v) is 4.91. The Bertz CT molecular complexity index is 793. The lowest BCUT2D eigenvalue weighted by atomic mass is 9.84. The Kier molecular flexibility index (Phi) is 9.38. The molecule has 1 amide bonds. The summed E-state index contributed by atoms with van der Waals surface area (Å²) in [5, 5.41) is 10.2. The first-order valence-electron chi connectivity index (χ1n) is 12.1. The molecule has 0 unspecified atom stereocenters. The normalized spacial score (nSPS) is 22.0. The van der Waals surface area contributed by atoms with Crippen LogP contribution in [0.15, 0.2) is 18.2 Å². The number of likely N-dealkylation sites (tertiary alicyclic amines) is 1. The van der Waals surface area contributed by atoms with Gasteiger partial charge in [0.25, 0.3) is 0 Å². The van der Waals surface area contributed by atoms with Crippen molar-refractivity contribution < 1.29 is 28.9 Å². The lowest BCUT2D eigenvalue weighted by Gasteiger charge is -2.29. The molecule has 0 bridgehead atoms. The number of unbranched alkanes of at least 4 members (excludes halogenated alkanes) is 2. The number of methoxy groups -OCH3 is 1. The van der Waals surface area contributed by atoms with E-state index in [-0.39, 0.29) is 31.2 Å². The highest BCUT2D eigenvalue weighted by Gasteiger charge is 2.47. The summed E-state index contributed by atoms with van der Waals surface area (Å²) >= 11 is 0. The number of ether oxygens (including phenoxy) is 3. The van der Waals surface area contributed by atoms with E-state index in [1.807, 2.05) is 23.1 Å². The van der Waals surface area contributed by atoms with Crippen LogP contribution < -0.4 is 9.47 Å². The number of carbonyl (C=O) groups excluding carboxylic acids is 1. The summed E-state index contributed by atoms with van der Waals surface area (Å²) in [6, 6.07) is 5.37. The summed E-state index contributed by atoms with van der Waals surface area (Å²) in [4.78, 5) is 29.7. The first kappa shape index (κ1) is 25.3. The molecule has 0 aromatic heterocycles. The zero-order chi connectivity index (χ0) is 23.8. The number of hydrogen-bond donors (Lipinski definition) is 1. The summed E-state index contributed by atoms with van der Waals surface area (Å²) in [5.41, 5.74) is 0.901. The number of hydrogen-bond acceptors (Lipinski definition) is 6. The van der Waals surface area contributed by atoms with Gasteiger partial charge in [0.15, 0.2) is 11.5 Å². The SMILES string of the molecule is CCCCN(CCCC)C(=O)CN1C[C@H](c2ccc3c(c2)OCO3)[C@H](C(=O)O)[C@H]1CCOC. The van der Waals surface area contributed by atoms with E-state index in [0.717, 1.165) is 44.3 Å². The van der Waals surface area contributed by atoms with E-state index < -0.39 is 11.9 Å². The van der Waals surface area contributed by atoms with E-state index in [0.29, 0.717) is 31.1 Å². The van der Waals surface area contributed by atoms with Crippen molar-refractivity contribution in [3.05, 3.63) is 23.8 Å². The van der Waals surface area contributed by atoms with Gasteiger partial charge in [0, 0.05) is 45.3 Å². The van der Waals surface area contributed by atoms with Gasteiger partial charge in [-0.05, 0) is 37.0 Å². The first-order chi connectivity index (χ1) is 16.0. The third kappa shape index (κ3) is 6.18. The fourth-order valence-electron chi connectivity index (χ4n) is 4.91. The maximum absolute atomic E-state index is 13.3. The van der Waals surface area contributed by atoms with Crippen molar-refractivity contribution in [2.24, 2.45) is 5.92 Å². The third-order valence-electron chi connectivity index (χ3n) is 6.73. The van der Waals surface area contributed by atoms with E-state index in [1.165, 1.54) is 0 Å². The molecule has 33 heavy (non-hydrogen) atoms. The fraction of sp³-hybridized carbons (Fsp3) is 0.680. The number of rotatable bonds is 13. The molecule has 1 aromatic carbocycles. The minimum absolute atomic E-state index is 0.0785. The third-order valence-corrected chi connectivity index (χ3v) is 6.73. The van der Waals surface area contributed by atoms with Crippen LogP contribution in [0.1, 0.15) is 57.4 Å². The van der Waals surface area contributed by atoms with Crippen molar-refractivity contribution in [3.63, 3.8) is 0 Å². The lowest BCUT2D eigenvalue weighted by Crippen LogP contribution is -2.45. The molecule has 1 aromatic rings. The largest absolute Gasteiger partial charge is 0.481 e. The van der Waals surface area contributed by atoms with E-state index in [2.05, 4.69) is 18.7 Å². The van der Waals surface area contributed by atoms with E-state index in [9.17, 15) is 14.7 Å². The second kappa shape index (κ2) is 12.2. The van der Waals surface area contributed by atoms with Crippen molar-refractivity contribution in [1.29, 1.82) is 0 Å². The topological polar surface area (TPSA) is 88.5 Å². The standard InChI is InChI=1S/C25H38N2O6/c1-4-6-11-26(12-7-5-2)23(28)16-27-15-19(24(25(29)30)20(27)10-13-31-3)18-8-9-21-22(14-18)33-17-32-21/h8-9,14,19-20,24H,4-7,10-13,15-17H2,1-3H3,(H,29,30)/t19-,20-,24+/m1/s1. The molecular formula is C25H38N2O6. The average molecular weight is 463 g/mol. The van der Waals surface area contributed by atoms with Crippen LogP contribution in [-0.4, -0.2) is 79.5 Å². The van der Waals surface area contributed by atoms with E-state index >= 15 is 0 Å². The number of benzene rings is 1. The Labute approximate surface area is 196 Å². The van der Waals surface area contributed by atoms with Gasteiger partial charge >= 0.3 is 5.97 Å². The summed E-state index contributed by atoms with van der Waals surface area (Å²) in [7, 11) is 1.62. The van der Waals surface area contributed by atoms with Gasteiger partial charge in [-0.1, -0.05) is 32.8 Å². The Morgan fingerprint density at radius 3 is 2.48 bits per heavy atom. The van der Waals surface area contributed by atoms with Gasteiger partial charge in [-0.3, -0.25) is 14.5 Å². The molecule has 0 spiro atoms. The molecule has 2 aliphatic rings. The zero-order valence-electron chi connectivity index (χ0n) is 20.1. The number of carboxylic acid groups (broad SMARTS) is 1. The van der Waals surface area contributed by atoms with Crippen molar-refractivity contribution in [2.75, 3.05) is 46.7 Å². The number of fused-ring (bicyclic) bond motifs is 1. The number of aliphatic carboxylic acids is 1. The van der Waals surface area contributed by atoms with Crippen molar-refractivity contribution >= 4 is 11.9 Å². The quantitative estimate of drug-likeness (QED) is 0.481. The van der Waals surface area contributed by atoms with Gasteiger partial charge in [-0.15, -0.1) is 0 Å². The summed E-state index contributed by atoms with van der Waals surface area (Å²) in [6.07, 6.45) is 4.57. The molecule has 0 saturated carbocycles. The number of amides is 1. The molecule has 0 aliphatic carbocycles. The summed E-state index contributed by atoms with van der Waals surface area (Å²) < 4.78 is 16.2. The van der Waals surface area contributed by atoms with Gasteiger partial charge in [0.2, 0.25) is 12.7 Å². The summed E-state index contributed by atoms with van der Waals surface area (Å²) in [6.45, 7) is 7.10. The van der Waals surface area contributed by atoms with Crippen LogP contribution in [0, 0.1) is 5.92 Å². The minimum atomic E-state index is -0.845. The van der Waals surface area contributed by atoms with Crippen molar-refractivity contribution in [2.45, 2.75) is 57.9 Å². The molecule has 0 radical (unpaired) electrons. The van der Waals surface area contributed by atoms with E-state index in [4.69, 9.17) is 14.2 Å². The highest BCUT2D eigenvalue weighted by molar-refractivity contribution is 5.79. The maximum Gasteiger partial charge on any atom is 0.308 e. The zero-order valence-corrected chi connectivity index (χ0v) is 20.1. The second-order valence-electron chi connectivity index (χ2n) is 8.95. The monoisotopic (exact) mass is 462 g/mol. The molecule has 3 rings (SSSR count). The van der Waals surface area contributed by atoms with Gasteiger partial charge in [-0.25, -0.2) is 0 Å². The Morgan fingerprint density at radius 2 is 1.85 bits per heavy atom. The van der Waals surface area contributed by atoms with Crippen molar-refractivity contribution in [1.82, 2.24) is 9.80 Å². The predicted molar refractivity (Wildman–Crippen MR) is 125 cm³/mol. The van der Waals surface area contributed by atoms with Crippen LogP contribution >= 0.6 is 0 Å². The Balaban J connectivity index is 1.82. The molecule has 2 aliphatic heterocycles. The van der Waals surface area contributed by atoms with Crippen LogP contribution in [-0.2, 0) is 14.3 Å². The van der Waals surface area contributed by atoms with Crippen LogP contribution in [0.3, 0.4) is 0 Å². The van der Waals surface area contributed by atoms with Crippen LogP contribution in [0.2, 0.25) is 0 Å². The lowest BCUT2D eigenvalue weighted by molar-refractivity contribution is -0.144. The molecule has 8 heteroatoms. The number of carbonyl (C=O) groups is 2. The molecule has 3 atom stereocenters. The highest BCUT2D eigenvalue weighted by atomic mass is 16.7. The minimum Gasteiger partial charge on any atom is -0.481 e. The predicted octanol–water partition coefficient (Wildman–Crippen LogP) is 3.35. The van der Waals surface area contributed by atoms with E-state index in [1.54, 1.807) is 7.11 Å². The van der Waals surface area contributed by atoms with Gasteiger partial charge in [0.1, 0.15) is 0 Å². The molecule has 1 N–H and O–H groups in total. The van der Waals surface area contributed by atoms with Gasteiger partial charge in [-0.2, -0.15) is 0 Å². The second-order valence-corrected chi connectivity index (χ2v) is 8.95. The van der Waals surface area contributed by atoms with Crippen LogP contribution in [0.25, 0.3) is 0 Å². The van der Waals surface area contributed by atoms with Gasteiger partial charge in [0.05, 0.1) is 12.5 Å². The Morgan fingerprint density at radius 1 is 1.15 bits per heavy atom. The van der Waals surface area contributed by atoms with Crippen LogP contribution in [0.4, 0.5) is 0 Å². The molecular weight excluding hydrogens is 424 g/mol.